The molecule has 2 heterocycles. The van der Waals surface area contributed by atoms with E-state index < -0.39 is 0 Å². The molecule has 4 nitrogen and oxygen atoms in total. The predicted molar refractivity (Wildman–Crippen MR) is 81.9 cm³/mol. The number of rotatable bonds is 3. The third-order valence-corrected chi connectivity index (χ3v) is 4.63. The summed E-state index contributed by atoms with van der Waals surface area (Å²) in [6.45, 7) is 2.04. The van der Waals surface area contributed by atoms with Gasteiger partial charge in [0.25, 0.3) is 0 Å². The largest absolute Gasteiger partial charge is 0.378 e. The Balaban J connectivity index is 1.71. The number of ether oxygens (including phenoxy) is 1. The van der Waals surface area contributed by atoms with Crippen molar-refractivity contribution < 1.29 is 9.53 Å². The zero-order valence-electron chi connectivity index (χ0n) is 12.5. The number of hydrogen-bond donors (Lipinski definition) is 1. The molecule has 21 heavy (non-hydrogen) atoms. The van der Waals surface area contributed by atoms with Crippen molar-refractivity contribution in [3.63, 3.8) is 0 Å². The van der Waals surface area contributed by atoms with Crippen molar-refractivity contribution in [1.82, 2.24) is 4.90 Å². The molecule has 1 amide bonds. The minimum absolute atomic E-state index is 0.0195. The molecular formula is C17H24N2O2. The van der Waals surface area contributed by atoms with Gasteiger partial charge in [0, 0.05) is 19.7 Å². The first-order valence-corrected chi connectivity index (χ1v) is 7.98. The SMILES string of the molecule is NCC1c2ccccc2CCN1C(=O)CC1CCCCO1. The van der Waals surface area contributed by atoms with E-state index in [1.54, 1.807) is 0 Å². The Morgan fingerprint density at radius 2 is 2.19 bits per heavy atom. The molecule has 2 unspecified atom stereocenters. The Morgan fingerprint density at radius 3 is 2.95 bits per heavy atom. The lowest BCUT2D eigenvalue weighted by Crippen LogP contribution is -2.44. The van der Waals surface area contributed by atoms with Crippen LogP contribution in [0.5, 0.6) is 0 Å². The maximum absolute atomic E-state index is 12.6. The number of carbonyl (C=O) groups excluding carboxylic acids is 1. The lowest BCUT2D eigenvalue weighted by molar-refractivity contribution is -0.137. The fraction of sp³-hybridized carbons (Fsp3) is 0.588. The molecule has 2 aliphatic rings. The van der Waals surface area contributed by atoms with Crippen molar-refractivity contribution >= 4 is 5.91 Å². The Morgan fingerprint density at radius 1 is 1.33 bits per heavy atom. The van der Waals surface area contributed by atoms with E-state index in [1.807, 2.05) is 11.0 Å². The second kappa shape index (κ2) is 6.58. The van der Waals surface area contributed by atoms with Crippen LogP contribution < -0.4 is 5.73 Å². The Hall–Kier alpha value is -1.39. The molecule has 2 atom stereocenters. The van der Waals surface area contributed by atoms with Gasteiger partial charge < -0.3 is 15.4 Å². The molecule has 0 bridgehead atoms. The molecule has 1 fully saturated rings. The summed E-state index contributed by atoms with van der Waals surface area (Å²) >= 11 is 0. The average molecular weight is 288 g/mol. The van der Waals surface area contributed by atoms with Crippen molar-refractivity contribution in [3.8, 4) is 0 Å². The molecule has 0 aromatic heterocycles. The van der Waals surface area contributed by atoms with Crippen LogP contribution >= 0.6 is 0 Å². The standard InChI is InChI=1S/C17H24N2O2/c18-12-16-15-7-2-1-5-13(15)8-9-19(16)17(20)11-14-6-3-4-10-21-14/h1-2,5,7,14,16H,3-4,6,8-12,18H2. The molecule has 4 heteroatoms. The van der Waals surface area contributed by atoms with Crippen LogP contribution in [0.1, 0.15) is 42.9 Å². The number of nitrogens with zero attached hydrogens (tertiary/aromatic N) is 1. The highest BCUT2D eigenvalue weighted by atomic mass is 16.5. The summed E-state index contributed by atoms with van der Waals surface area (Å²) < 4.78 is 5.70. The topological polar surface area (TPSA) is 55.6 Å². The van der Waals surface area contributed by atoms with Crippen LogP contribution in [-0.4, -0.2) is 36.6 Å². The quantitative estimate of drug-likeness (QED) is 0.926. The normalized spacial score (nSPS) is 25.5. The molecule has 1 saturated heterocycles. The maximum atomic E-state index is 12.6. The van der Waals surface area contributed by atoms with E-state index in [0.29, 0.717) is 13.0 Å². The Labute approximate surface area is 126 Å². The van der Waals surface area contributed by atoms with E-state index >= 15 is 0 Å². The van der Waals surface area contributed by atoms with E-state index in [0.717, 1.165) is 32.4 Å². The van der Waals surface area contributed by atoms with E-state index in [-0.39, 0.29) is 18.1 Å². The van der Waals surface area contributed by atoms with Crippen LogP contribution in [-0.2, 0) is 16.0 Å². The third kappa shape index (κ3) is 3.11. The summed E-state index contributed by atoms with van der Waals surface area (Å²) in [4.78, 5) is 14.6. The molecule has 0 aliphatic carbocycles. The molecule has 2 N–H and O–H groups in total. The summed E-state index contributed by atoms with van der Waals surface area (Å²) in [6, 6.07) is 8.35. The first kappa shape index (κ1) is 14.5. The van der Waals surface area contributed by atoms with Gasteiger partial charge in [0.2, 0.25) is 5.91 Å². The molecule has 3 rings (SSSR count). The summed E-state index contributed by atoms with van der Waals surface area (Å²) in [5.74, 6) is 0.187. The maximum Gasteiger partial charge on any atom is 0.225 e. The second-order valence-corrected chi connectivity index (χ2v) is 5.98. The van der Waals surface area contributed by atoms with Crippen LogP contribution in [0.4, 0.5) is 0 Å². The van der Waals surface area contributed by atoms with Crippen molar-refractivity contribution in [2.24, 2.45) is 5.73 Å². The Bertz CT molecular complexity index is 497. The first-order valence-electron chi connectivity index (χ1n) is 7.98. The van der Waals surface area contributed by atoms with Gasteiger partial charge in [-0.1, -0.05) is 24.3 Å². The van der Waals surface area contributed by atoms with Crippen LogP contribution in [0, 0.1) is 0 Å². The van der Waals surface area contributed by atoms with E-state index in [4.69, 9.17) is 10.5 Å². The number of nitrogens with two attached hydrogens (primary N) is 1. The van der Waals surface area contributed by atoms with Gasteiger partial charge >= 0.3 is 0 Å². The molecule has 0 saturated carbocycles. The summed E-state index contributed by atoms with van der Waals surface area (Å²) in [5.41, 5.74) is 8.49. The van der Waals surface area contributed by atoms with Crippen LogP contribution in [0.2, 0.25) is 0 Å². The van der Waals surface area contributed by atoms with Gasteiger partial charge in [0.1, 0.15) is 0 Å². The number of hydrogen-bond acceptors (Lipinski definition) is 3. The van der Waals surface area contributed by atoms with Crippen molar-refractivity contribution in [2.45, 2.75) is 44.2 Å². The summed E-state index contributed by atoms with van der Waals surface area (Å²) in [7, 11) is 0. The van der Waals surface area contributed by atoms with Gasteiger partial charge in [0.15, 0.2) is 0 Å². The van der Waals surface area contributed by atoms with E-state index in [2.05, 4.69) is 18.2 Å². The molecule has 1 aromatic rings. The lowest BCUT2D eigenvalue weighted by Gasteiger charge is -2.37. The Kier molecular flexibility index (Phi) is 4.56. The minimum Gasteiger partial charge on any atom is -0.378 e. The van der Waals surface area contributed by atoms with E-state index in [9.17, 15) is 4.79 Å². The van der Waals surface area contributed by atoms with Gasteiger partial charge in [-0.25, -0.2) is 0 Å². The fourth-order valence-corrected chi connectivity index (χ4v) is 3.48. The molecule has 0 radical (unpaired) electrons. The van der Waals surface area contributed by atoms with Crippen LogP contribution in [0.25, 0.3) is 0 Å². The zero-order valence-corrected chi connectivity index (χ0v) is 12.5. The first-order chi connectivity index (χ1) is 10.3. The van der Waals surface area contributed by atoms with Crippen LogP contribution in [0.3, 0.4) is 0 Å². The second-order valence-electron chi connectivity index (χ2n) is 5.98. The molecule has 0 spiro atoms. The van der Waals surface area contributed by atoms with Crippen LogP contribution in [0.15, 0.2) is 24.3 Å². The fourth-order valence-electron chi connectivity index (χ4n) is 3.48. The van der Waals surface area contributed by atoms with Gasteiger partial charge in [0.05, 0.1) is 18.6 Å². The monoisotopic (exact) mass is 288 g/mol. The van der Waals surface area contributed by atoms with Gasteiger partial charge in [-0.2, -0.15) is 0 Å². The highest BCUT2D eigenvalue weighted by Crippen LogP contribution is 2.30. The number of fused-ring (bicyclic) bond motifs is 1. The predicted octanol–water partition coefficient (Wildman–Crippen LogP) is 2.03. The zero-order chi connectivity index (χ0) is 14.7. The number of benzene rings is 1. The average Bonchev–Trinajstić information content (AvgIpc) is 2.54. The molecule has 2 aliphatic heterocycles. The van der Waals surface area contributed by atoms with Crippen molar-refractivity contribution in [1.29, 1.82) is 0 Å². The van der Waals surface area contributed by atoms with Crippen molar-refractivity contribution in [3.05, 3.63) is 35.4 Å². The lowest BCUT2D eigenvalue weighted by atomic mass is 9.92. The van der Waals surface area contributed by atoms with Crippen molar-refractivity contribution in [2.75, 3.05) is 19.7 Å². The van der Waals surface area contributed by atoms with Gasteiger partial charge in [-0.3, -0.25) is 4.79 Å². The van der Waals surface area contributed by atoms with E-state index in [1.165, 1.54) is 17.5 Å². The summed E-state index contributed by atoms with van der Waals surface area (Å²) in [6.07, 6.45) is 4.81. The number of carbonyl (C=O) groups is 1. The highest BCUT2D eigenvalue weighted by Gasteiger charge is 2.31. The minimum atomic E-state index is 0.0195. The number of amides is 1. The molecule has 114 valence electrons. The third-order valence-electron chi connectivity index (χ3n) is 4.63. The molecular weight excluding hydrogens is 264 g/mol. The molecule has 1 aromatic carbocycles. The summed E-state index contributed by atoms with van der Waals surface area (Å²) in [5, 5.41) is 0. The van der Waals surface area contributed by atoms with Gasteiger partial charge in [-0.05, 0) is 36.8 Å². The highest BCUT2D eigenvalue weighted by molar-refractivity contribution is 5.77. The van der Waals surface area contributed by atoms with Gasteiger partial charge in [-0.15, -0.1) is 0 Å². The smallest absolute Gasteiger partial charge is 0.225 e.